The third-order valence-corrected chi connectivity index (χ3v) is 4.24. The van der Waals surface area contributed by atoms with Crippen molar-refractivity contribution in [3.63, 3.8) is 0 Å². The molecule has 2 atom stereocenters. The van der Waals surface area contributed by atoms with Gasteiger partial charge in [0.2, 0.25) is 0 Å². The monoisotopic (exact) mass is 289 g/mol. The molecular weight excluding hydrogens is 273 g/mol. The van der Waals surface area contributed by atoms with Gasteiger partial charge in [0.1, 0.15) is 5.82 Å². The lowest BCUT2D eigenvalue weighted by molar-refractivity contribution is 0.0949. The molecule has 6 heteroatoms. The molecule has 2 unspecified atom stereocenters. The van der Waals surface area contributed by atoms with Crippen LogP contribution in [0.15, 0.2) is 23.1 Å². The molecule has 0 radical (unpaired) electrons. The van der Waals surface area contributed by atoms with Crippen molar-refractivity contribution >= 4 is 29.3 Å². The molecule has 1 aromatic carbocycles. The Morgan fingerprint density at radius 1 is 1.56 bits per heavy atom. The van der Waals surface area contributed by atoms with Crippen LogP contribution in [0.4, 0.5) is 4.39 Å². The van der Waals surface area contributed by atoms with Gasteiger partial charge in [-0.2, -0.15) is 0 Å². The number of benzene rings is 1. The van der Waals surface area contributed by atoms with Gasteiger partial charge in [-0.15, -0.1) is 12.6 Å². The number of nitrogens with one attached hydrogen (secondary N) is 1. The summed E-state index contributed by atoms with van der Waals surface area (Å²) in [5.41, 5.74) is -0.0206. The molecule has 100 valence electrons. The van der Waals surface area contributed by atoms with E-state index >= 15 is 0 Å². The van der Waals surface area contributed by atoms with Gasteiger partial charge in [0.15, 0.2) is 0 Å². The second-order valence-electron chi connectivity index (χ2n) is 4.02. The van der Waals surface area contributed by atoms with E-state index in [1.807, 2.05) is 6.92 Å². The van der Waals surface area contributed by atoms with Gasteiger partial charge in [-0.3, -0.25) is 9.00 Å². The molecule has 0 bridgehead atoms. The maximum absolute atomic E-state index is 13.4. The number of amides is 1. The van der Waals surface area contributed by atoms with Gasteiger partial charge in [-0.05, 0) is 24.6 Å². The zero-order valence-electron chi connectivity index (χ0n) is 10.3. The number of thiol groups is 1. The van der Waals surface area contributed by atoms with Crippen molar-refractivity contribution in [2.45, 2.75) is 23.5 Å². The van der Waals surface area contributed by atoms with E-state index in [-0.39, 0.29) is 10.8 Å². The van der Waals surface area contributed by atoms with Crippen LogP contribution >= 0.6 is 12.6 Å². The molecule has 0 heterocycles. The van der Waals surface area contributed by atoms with Crippen molar-refractivity contribution in [3.05, 3.63) is 29.6 Å². The van der Waals surface area contributed by atoms with Crippen LogP contribution in [0.1, 0.15) is 23.7 Å². The second kappa shape index (κ2) is 6.89. The molecule has 0 fully saturated rings. The summed E-state index contributed by atoms with van der Waals surface area (Å²) in [6, 6.07) is 4.08. The number of rotatable bonds is 5. The molecule has 1 amide bonds. The summed E-state index contributed by atoms with van der Waals surface area (Å²) < 4.78 is 24.5. The molecule has 1 rings (SSSR count). The van der Waals surface area contributed by atoms with E-state index in [1.165, 1.54) is 18.2 Å². The van der Waals surface area contributed by atoms with Crippen LogP contribution in [-0.4, -0.2) is 28.2 Å². The summed E-state index contributed by atoms with van der Waals surface area (Å²) in [4.78, 5) is 12.2. The Morgan fingerprint density at radius 2 is 2.22 bits per heavy atom. The van der Waals surface area contributed by atoms with Crippen LogP contribution in [0.2, 0.25) is 0 Å². The van der Waals surface area contributed by atoms with E-state index in [9.17, 15) is 13.4 Å². The molecule has 0 aliphatic heterocycles. The van der Waals surface area contributed by atoms with Crippen molar-refractivity contribution < 1.29 is 13.4 Å². The third kappa shape index (κ3) is 4.42. The highest BCUT2D eigenvalue weighted by Crippen LogP contribution is 2.13. The summed E-state index contributed by atoms with van der Waals surface area (Å²) in [5, 5.41) is 2.61. The zero-order chi connectivity index (χ0) is 13.7. The Bertz CT molecular complexity index is 465. The molecule has 3 nitrogen and oxygen atoms in total. The van der Waals surface area contributed by atoms with Crippen molar-refractivity contribution in [2.24, 2.45) is 0 Å². The van der Waals surface area contributed by atoms with Crippen molar-refractivity contribution in [3.8, 4) is 0 Å². The summed E-state index contributed by atoms with van der Waals surface area (Å²) in [6.07, 6.45) is 2.22. The van der Waals surface area contributed by atoms with Gasteiger partial charge in [0.25, 0.3) is 5.91 Å². The van der Waals surface area contributed by atoms with Gasteiger partial charge in [-0.1, -0.05) is 6.92 Å². The standard InChI is InChI=1S/C12H16FNO2S2/c1-8(18(2)16)5-6-14-12(15)10-7-9(17)3-4-11(10)13/h3-4,7-8,17H,5-6H2,1-2H3,(H,14,15). The minimum atomic E-state index is -0.915. The van der Waals surface area contributed by atoms with E-state index in [0.717, 1.165) is 0 Å². The quantitative estimate of drug-likeness (QED) is 0.815. The second-order valence-corrected chi connectivity index (χ2v) is 6.34. The maximum Gasteiger partial charge on any atom is 0.254 e. The van der Waals surface area contributed by atoms with E-state index in [1.54, 1.807) is 6.26 Å². The normalized spacial score (nSPS) is 14.0. The van der Waals surface area contributed by atoms with Crippen LogP contribution in [-0.2, 0) is 10.8 Å². The average molecular weight is 289 g/mol. The number of hydrogen-bond acceptors (Lipinski definition) is 3. The third-order valence-electron chi connectivity index (χ3n) is 2.60. The van der Waals surface area contributed by atoms with Gasteiger partial charge < -0.3 is 5.32 Å². The Balaban J connectivity index is 2.55. The van der Waals surface area contributed by atoms with Crippen LogP contribution in [0, 0.1) is 5.82 Å². The largest absolute Gasteiger partial charge is 0.352 e. The summed E-state index contributed by atoms with van der Waals surface area (Å²) in [6.45, 7) is 2.22. The van der Waals surface area contributed by atoms with Crippen LogP contribution in [0.3, 0.4) is 0 Å². The first kappa shape index (κ1) is 15.2. The first-order valence-corrected chi connectivity index (χ1v) is 7.57. The fraction of sp³-hybridized carbons (Fsp3) is 0.417. The summed E-state index contributed by atoms with van der Waals surface area (Å²) in [5.74, 6) is -1.05. The van der Waals surface area contributed by atoms with Crippen LogP contribution < -0.4 is 5.32 Å². The van der Waals surface area contributed by atoms with E-state index in [0.29, 0.717) is 17.9 Å². The molecule has 18 heavy (non-hydrogen) atoms. The lowest BCUT2D eigenvalue weighted by Crippen LogP contribution is -2.28. The fourth-order valence-corrected chi connectivity index (χ4v) is 1.99. The number of carbonyl (C=O) groups is 1. The highest BCUT2D eigenvalue weighted by atomic mass is 32.2. The summed E-state index contributed by atoms with van der Waals surface area (Å²) >= 11 is 4.06. The molecule has 1 aromatic rings. The molecule has 0 saturated heterocycles. The maximum atomic E-state index is 13.4. The summed E-state index contributed by atoms with van der Waals surface area (Å²) in [7, 11) is -0.915. The Labute approximate surface area is 114 Å². The highest BCUT2D eigenvalue weighted by molar-refractivity contribution is 7.84. The van der Waals surface area contributed by atoms with Gasteiger partial charge >= 0.3 is 0 Å². The smallest absolute Gasteiger partial charge is 0.254 e. The Hall–Kier alpha value is -0.880. The predicted octanol–water partition coefficient (Wildman–Crippen LogP) is 2.00. The molecule has 0 spiro atoms. The lowest BCUT2D eigenvalue weighted by Gasteiger charge is -2.10. The van der Waals surface area contributed by atoms with Crippen LogP contribution in [0.5, 0.6) is 0 Å². The first-order valence-electron chi connectivity index (χ1n) is 5.50. The highest BCUT2D eigenvalue weighted by Gasteiger charge is 2.12. The van der Waals surface area contributed by atoms with E-state index < -0.39 is 22.5 Å². The van der Waals surface area contributed by atoms with Crippen molar-refractivity contribution in [1.29, 1.82) is 0 Å². The van der Waals surface area contributed by atoms with E-state index in [4.69, 9.17) is 0 Å². The first-order chi connectivity index (χ1) is 8.41. The minimum Gasteiger partial charge on any atom is -0.352 e. The number of hydrogen-bond donors (Lipinski definition) is 2. The van der Waals surface area contributed by atoms with Crippen molar-refractivity contribution in [2.75, 3.05) is 12.8 Å². The zero-order valence-corrected chi connectivity index (χ0v) is 12.0. The number of halogens is 1. The molecule has 0 aromatic heterocycles. The molecule has 0 aliphatic carbocycles. The molecule has 1 N–H and O–H groups in total. The SMILES string of the molecule is CC(CCNC(=O)c1cc(S)ccc1F)S(C)=O. The van der Waals surface area contributed by atoms with E-state index in [2.05, 4.69) is 17.9 Å². The van der Waals surface area contributed by atoms with Gasteiger partial charge in [0, 0.05) is 33.7 Å². The lowest BCUT2D eigenvalue weighted by atomic mass is 10.2. The Kier molecular flexibility index (Phi) is 5.81. The van der Waals surface area contributed by atoms with Crippen LogP contribution in [0.25, 0.3) is 0 Å². The molecule has 0 aliphatic rings. The minimum absolute atomic E-state index is 0.00589. The van der Waals surface area contributed by atoms with Gasteiger partial charge in [0.05, 0.1) is 5.56 Å². The topological polar surface area (TPSA) is 46.2 Å². The van der Waals surface area contributed by atoms with Gasteiger partial charge in [-0.25, -0.2) is 4.39 Å². The molecule has 0 saturated carbocycles. The Morgan fingerprint density at radius 3 is 2.83 bits per heavy atom. The van der Waals surface area contributed by atoms with Crippen molar-refractivity contribution in [1.82, 2.24) is 5.32 Å². The number of carbonyl (C=O) groups excluding carboxylic acids is 1. The molecular formula is C12H16FNO2S2. The fourth-order valence-electron chi connectivity index (χ4n) is 1.34. The average Bonchev–Trinajstić information content (AvgIpc) is 2.31. The predicted molar refractivity (Wildman–Crippen MR) is 74.1 cm³/mol.